The largest absolute Gasteiger partial charge is 0.462 e. The van der Waals surface area contributed by atoms with Gasteiger partial charge in [-0.3, -0.25) is 9.59 Å². The number of anilines is 1. The molecule has 0 saturated heterocycles. The topological polar surface area (TPSA) is 210 Å². The number of ether oxygens (including phenoxy) is 1. The monoisotopic (exact) mass is 499 g/mol. The number of esters is 1. The molecule has 0 aromatic heterocycles. The number of hydrogen-bond donors (Lipinski definition) is 7. The van der Waals surface area contributed by atoms with Crippen LogP contribution in [0, 0.1) is 0 Å². The van der Waals surface area contributed by atoms with Crippen molar-refractivity contribution in [2.24, 2.45) is 16.5 Å². The van der Waals surface area contributed by atoms with Gasteiger partial charge in [-0.15, -0.1) is 0 Å². The van der Waals surface area contributed by atoms with Crippen LogP contribution in [0.5, 0.6) is 0 Å². The van der Waals surface area contributed by atoms with Crippen LogP contribution >= 0.6 is 0 Å². The van der Waals surface area contributed by atoms with Crippen LogP contribution in [0.4, 0.5) is 16.2 Å². The van der Waals surface area contributed by atoms with E-state index in [1.165, 1.54) is 18.2 Å². The van der Waals surface area contributed by atoms with Gasteiger partial charge in [-0.2, -0.15) is 0 Å². The van der Waals surface area contributed by atoms with Gasteiger partial charge in [0.05, 0.1) is 31.0 Å². The van der Waals surface area contributed by atoms with Crippen LogP contribution in [0.2, 0.25) is 0 Å². The molecule has 0 fully saturated rings. The Morgan fingerprint density at radius 1 is 1.06 bits per heavy atom. The van der Waals surface area contributed by atoms with Gasteiger partial charge in [-0.05, 0) is 42.8 Å². The lowest BCUT2D eigenvalue weighted by Gasteiger charge is -2.17. The van der Waals surface area contributed by atoms with Crippen molar-refractivity contribution in [2.45, 2.75) is 19.5 Å². The summed E-state index contributed by atoms with van der Waals surface area (Å²) in [4.78, 5) is 52.3. The minimum Gasteiger partial charge on any atom is -0.462 e. The summed E-state index contributed by atoms with van der Waals surface area (Å²) in [5, 5.41) is 19.2. The summed E-state index contributed by atoms with van der Waals surface area (Å²) in [6, 6.07) is 10.7. The van der Waals surface area contributed by atoms with Crippen LogP contribution in [0.15, 0.2) is 53.5 Å². The van der Waals surface area contributed by atoms with Crippen molar-refractivity contribution in [2.75, 3.05) is 25.1 Å². The number of urea groups is 1. The molecule has 192 valence electrons. The lowest BCUT2D eigenvalue weighted by Crippen LogP contribution is -2.51. The van der Waals surface area contributed by atoms with E-state index in [4.69, 9.17) is 16.2 Å². The molecule has 13 heteroatoms. The van der Waals surface area contributed by atoms with E-state index >= 15 is 0 Å². The van der Waals surface area contributed by atoms with Gasteiger partial charge in [-0.1, -0.05) is 18.2 Å². The summed E-state index contributed by atoms with van der Waals surface area (Å²) in [6.45, 7) is 1.01. The summed E-state index contributed by atoms with van der Waals surface area (Å²) >= 11 is 0. The number of nitrogens with zero attached hydrogens (tertiary/aromatic N) is 1. The first-order valence-electron chi connectivity index (χ1n) is 10.9. The molecule has 1 unspecified atom stereocenters. The fourth-order valence-corrected chi connectivity index (χ4v) is 2.85. The second kappa shape index (κ2) is 13.9. The van der Waals surface area contributed by atoms with E-state index in [9.17, 15) is 24.3 Å². The summed E-state index contributed by atoms with van der Waals surface area (Å²) in [6.07, 6.45) is 0. The van der Waals surface area contributed by atoms with Gasteiger partial charge in [0.15, 0.2) is 5.96 Å². The number of aliphatic imine (C=N–C) groups is 1. The zero-order chi connectivity index (χ0) is 26.5. The van der Waals surface area contributed by atoms with E-state index in [0.29, 0.717) is 5.69 Å². The summed E-state index contributed by atoms with van der Waals surface area (Å²) in [5.74, 6) is -1.85. The highest BCUT2D eigenvalue weighted by molar-refractivity contribution is 5.96. The van der Waals surface area contributed by atoms with Crippen LogP contribution in [0.25, 0.3) is 0 Å². The maximum absolute atomic E-state index is 12.3. The molecular formula is C23H29N7O6. The van der Waals surface area contributed by atoms with Crippen molar-refractivity contribution in [3.05, 3.63) is 59.7 Å². The third-order valence-corrected chi connectivity index (χ3v) is 4.54. The highest BCUT2D eigenvalue weighted by Gasteiger charge is 2.20. The SMILES string of the molecule is CCOC(=O)c1cccc(NC(=O)NC(CO)C(=O)NCC(=O)NCc2ccc(N=C(N)N)cc2)c1. The number of benzene rings is 2. The Balaban J connectivity index is 1.80. The number of nitrogens with one attached hydrogen (secondary N) is 4. The number of nitrogens with two attached hydrogens (primary N) is 2. The van der Waals surface area contributed by atoms with Gasteiger partial charge >= 0.3 is 12.0 Å². The standard InChI is InChI=1S/C23H29N7O6/c1-2-36-21(34)15-4-3-5-17(10-15)29-23(35)30-18(13-31)20(33)27-12-19(32)26-11-14-6-8-16(9-7-14)28-22(24)25/h3-10,18,31H,2,11-13H2,1H3,(H,26,32)(H,27,33)(H4,24,25,28)(H2,29,30,35). The molecule has 0 aliphatic rings. The van der Waals surface area contributed by atoms with Crippen molar-refractivity contribution in [3.8, 4) is 0 Å². The normalized spacial score (nSPS) is 10.9. The van der Waals surface area contributed by atoms with E-state index in [-0.39, 0.29) is 36.9 Å². The molecule has 2 rings (SSSR count). The van der Waals surface area contributed by atoms with Crippen molar-refractivity contribution >= 4 is 41.1 Å². The molecule has 1 atom stereocenters. The Hall–Kier alpha value is -4.65. The lowest BCUT2D eigenvalue weighted by atomic mass is 10.2. The highest BCUT2D eigenvalue weighted by Crippen LogP contribution is 2.13. The Labute approximate surface area is 207 Å². The predicted molar refractivity (Wildman–Crippen MR) is 132 cm³/mol. The molecule has 2 aromatic rings. The Morgan fingerprint density at radius 2 is 1.78 bits per heavy atom. The van der Waals surface area contributed by atoms with Crippen LogP contribution in [0.3, 0.4) is 0 Å². The molecule has 2 aromatic carbocycles. The zero-order valence-electron chi connectivity index (χ0n) is 19.6. The molecule has 9 N–H and O–H groups in total. The molecule has 0 aliphatic carbocycles. The summed E-state index contributed by atoms with van der Waals surface area (Å²) in [5.41, 5.74) is 12.5. The van der Waals surface area contributed by atoms with Crippen molar-refractivity contribution in [1.29, 1.82) is 0 Å². The first kappa shape index (κ1) is 27.6. The number of amides is 4. The first-order valence-corrected chi connectivity index (χ1v) is 10.9. The number of aliphatic hydroxyl groups excluding tert-OH is 1. The molecule has 13 nitrogen and oxygen atoms in total. The predicted octanol–water partition coefficient (Wildman–Crippen LogP) is -0.317. The second-order valence-corrected chi connectivity index (χ2v) is 7.33. The maximum atomic E-state index is 12.3. The van der Waals surface area contributed by atoms with E-state index in [1.54, 1.807) is 37.3 Å². The smallest absolute Gasteiger partial charge is 0.338 e. The van der Waals surface area contributed by atoms with Gasteiger partial charge in [0.1, 0.15) is 6.04 Å². The van der Waals surface area contributed by atoms with Crippen LogP contribution in [-0.4, -0.2) is 60.7 Å². The average Bonchev–Trinajstić information content (AvgIpc) is 2.85. The van der Waals surface area contributed by atoms with Gasteiger partial charge in [0.2, 0.25) is 11.8 Å². The van der Waals surface area contributed by atoms with Gasteiger partial charge in [0, 0.05) is 12.2 Å². The van der Waals surface area contributed by atoms with E-state index in [0.717, 1.165) is 5.56 Å². The Bertz CT molecular complexity index is 1100. The fraction of sp³-hybridized carbons (Fsp3) is 0.261. The van der Waals surface area contributed by atoms with Gasteiger partial charge in [-0.25, -0.2) is 14.6 Å². The van der Waals surface area contributed by atoms with E-state index in [2.05, 4.69) is 26.3 Å². The van der Waals surface area contributed by atoms with Crippen LogP contribution in [-0.2, 0) is 20.9 Å². The van der Waals surface area contributed by atoms with Crippen LogP contribution in [0.1, 0.15) is 22.8 Å². The molecule has 0 heterocycles. The molecule has 0 saturated carbocycles. The van der Waals surface area contributed by atoms with E-state index < -0.39 is 36.5 Å². The molecule has 0 bridgehead atoms. The number of guanidine groups is 1. The van der Waals surface area contributed by atoms with Crippen LogP contribution < -0.4 is 32.7 Å². The molecule has 0 radical (unpaired) electrons. The van der Waals surface area contributed by atoms with Gasteiger partial charge in [0.25, 0.3) is 0 Å². The average molecular weight is 500 g/mol. The van der Waals surface area contributed by atoms with Gasteiger partial charge < -0.3 is 42.6 Å². The Kier molecular flexibility index (Phi) is 10.7. The van der Waals surface area contributed by atoms with Crippen molar-refractivity contribution in [3.63, 3.8) is 0 Å². The molecule has 4 amide bonds. The number of aliphatic hydroxyl groups is 1. The fourth-order valence-electron chi connectivity index (χ4n) is 2.85. The maximum Gasteiger partial charge on any atom is 0.338 e. The molecule has 0 spiro atoms. The minimum atomic E-state index is -1.31. The number of rotatable bonds is 11. The van der Waals surface area contributed by atoms with Crippen molar-refractivity contribution < 1.29 is 29.0 Å². The number of hydrogen-bond acceptors (Lipinski definition) is 7. The third kappa shape index (κ3) is 9.30. The second-order valence-electron chi connectivity index (χ2n) is 7.33. The number of carbonyl (C=O) groups excluding carboxylic acids is 4. The quantitative estimate of drug-likeness (QED) is 0.123. The molecular weight excluding hydrogens is 470 g/mol. The zero-order valence-corrected chi connectivity index (χ0v) is 19.6. The first-order chi connectivity index (χ1) is 17.2. The van der Waals surface area contributed by atoms with E-state index in [1.807, 2.05) is 0 Å². The summed E-state index contributed by atoms with van der Waals surface area (Å²) < 4.78 is 4.91. The number of carbonyl (C=O) groups is 4. The van der Waals surface area contributed by atoms with Crippen molar-refractivity contribution in [1.82, 2.24) is 16.0 Å². The lowest BCUT2D eigenvalue weighted by molar-refractivity contribution is -0.127. The Morgan fingerprint density at radius 3 is 2.42 bits per heavy atom. The third-order valence-electron chi connectivity index (χ3n) is 4.54. The molecule has 36 heavy (non-hydrogen) atoms. The summed E-state index contributed by atoms with van der Waals surface area (Å²) in [7, 11) is 0. The highest BCUT2D eigenvalue weighted by atomic mass is 16.5. The molecule has 0 aliphatic heterocycles. The minimum absolute atomic E-state index is 0.0665.